The van der Waals surface area contributed by atoms with Gasteiger partial charge in [0, 0.05) is 23.9 Å². The molecule has 112 valence electrons. The van der Waals surface area contributed by atoms with Gasteiger partial charge < -0.3 is 10.1 Å². The molecule has 2 aromatic rings. The van der Waals surface area contributed by atoms with E-state index in [1.165, 1.54) is 0 Å². The SMILES string of the molecule is O=C1CCc2cc(C(=O)COc3cccnc3Cl)ccc2N1. The van der Waals surface area contributed by atoms with Crippen molar-refractivity contribution >= 4 is 29.0 Å². The summed E-state index contributed by atoms with van der Waals surface area (Å²) in [5, 5.41) is 3.01. The summed E-state index contributed by atoms with van der Waals surface area (Å²) in [6.45, 7) is -0.115. The first-order valence-corrected chi connectivity index (χ1v) is 7.20. The molecule has 0 unspecified atom stereocenters. The summed E-state index contributed by atoms with van der Waals surface area (Å²) in [6.07, 6.45) is 2.62. The number of hydrogen-bond acceptors (Lipinski definition) is 4. The minimum absolute atomic E-state index is 0.00105. The number of rotatable bonds is 4. The number of fused-ring (bicyclic) bond motifs is 1. The second-order valence-corrected chi connectivity index (χ2v) is 5.28. The molecule has 1 N–H and O–H groups in total. The van der Waals surface area contributed by atoms with Crippen LogP contribution in [0, 0.1) is 0 Å². The topological polar surface area (TPSA) is 68.3 Å². The van der Waals surface area contributed by atoms with Gasteiger partial charge in [0.05, 0.1) is 0 Å². The maximum Gasteiger partial charge on any atom is 0.224 e. The predicted octanol–water partition coefficient (Wildman–Crippen LogP) is 2.88. The van der Waals surface area contributed by atoms with Crippen LogP contribution in [0.5, 0.6) is 5.75 Å². The maximum atomic E-state index is 12.2. The third-order valence-corrected chi connectivity index (χ3v) is 3.69. The first-order chi connectivity index (χ1) is 10.6. The van der Waals surface area contributed by atoms with Crippen molar-refractivity contribution in [2.75, 3.05) is 11.9 Å². The van der Waals surface area contributed by atoms with Gasteiger partial charge in [-0.1, -0.05) is 11.6 Å². The molecule has 0 saturated carbocycles. The molecule has 6 heteroatoms. The summed E-state index contributed by atoms with van der Waals surface area (Å²) >= 11 is 5.87. The molecular weight excluding hydrogens is 304 g/mol. The fourth-order valence-electron chi connectivity index (χ4n) is 2.26. The summed E-state index contributed by atoms with van der Waals surface area (Å²) < 4.78 is 5.40. The highest BCUT2D eigenvalue weighted by molar-refractivity contribution is 6.30. The molecule has 3 rings (SSSR count). The number of nitrogens with one attached hydrogen (secondary N) is 1. The highest BCUT2D eigenvalue weighted by Gasteiger charge is 2.17. The van der Waals surface area contributed by atoms with E-state index in [-0.39, 0.29) is 23.5 Å². The van der Waals surface area contributed by atoms with Crippen molar-refractivity contribution in [3.8, 4) is 5.75 Å². The Morgan fingerprint density at radius 3 is 3.00 bits per heavy atom. The lowest BCUT2D eigenvalue weighted by atomic mass is 9.99. The van der Waals surface area contributed by atoms with Gasteiger partial charge in [0.25, 0.3) is 0 Å². The molecule has 1 aromatic heterocycles. The molecule has 0 fully saturated rings. The van der Waals surface area contributed by atoms with Gasteiger partial charge in [-0.05, 0) is 42.3 Å². The number of nitrogens with zero attached hydrogens (tertiary/aromatic N) is 1. The lowest BCUT2D eigenvalue weighted by Crippen LogP contribution is -2.20. The van der Waals surface area contributed by atoms with E-state index >= 15 is 0 Å². The number of carbonyl (C=O) groups is 2. The largest absolute Gasteiger partial charge is 0.482 e. The second-order valence-electron chi connectivity index (χ2n) is 4.92. The van der Waals surface area contributed by atoms with Gasteiger partial charge in [0.15, 0.2) is 23.3 Å². The molecule has 1 aromatic carbocycles. The Balaban J connectivity index is 1.70. The maximum absolute atomic E-state index is 12.2. The first-order valence-electron chi connectivity index (χ1n) is 6.83. The van der Waals surface area contributed by atoms with Crippen molar-refractivity contribution in [3.63, 3.8) is 0 Å². The summed E-state index contributed by atoms with van der Waals surface area (Å²) in [4.78, 5) is 27.4. The van der Waals surface area contributed by atoms with Crippen molar-refractivity contribution in [1.29, 1.82) is 0 Å². The lowest BCUT2D eigenvalue weighted by molar-refractivity contribution is -0.116. The van der Waals surface area contributed by atoms with Gasteiger partial charge in [-0.3, -0.25) is 9.59 Å². The molecule has 5 nitrogen and oxygen atoms in total. The number of anilines is 1. The van der Waals surface area contributed by atoms with Crippen LogP contribution >= 0.6 is 11.6 Å². The van der Waals surface area contributed by atoms with E-state index in [0.29, 0.717) is 24.2 Å². The molecule has 0 spiro atoms. The van der Waals surface area contributed by atoms with E-state index < -0.39 is 0 Å². The van der Waals surface area contributed by atoms with Crippen LogP contribution in [0.15, 0.2) is 36.5 Å². The van der Waals surface area contributed by atoms with Crippen LogP contribution in [-0.2, 0) is 11.2 Å². The number of amides is 1. The molecular formula is C16H13ClN2O3. The van der Waals surface area contributed by atoms with E-state index in [1.807, 2.05) is 0 Å². The van der Waals surface area contributed by atoms with E-state index in [0.717, 1.165) is 11.3 Å². The van der Waals surface area contributed by atoms with Crippen LogP contribution in [0.4, 0.5) is 5.69 Å². The number of hydrogen-bond donors (Lipinski definition) is 1. The summed E-state index contributed by atoms with van der Waals surface area (Å²) in [5.74, 6) is 0.225. The molecule has 0 radical (unpaired) electrons. The van der Waals surface area contributed by atoms with Crippen LogP contribution in [0.25, 0.3) is 0 Å². The number of aromatic nitrogens is 1. The van der Waals surface area contributed by atoms with Crippen molar-refractivity contribution in [3.05, 3.63) is 52.8 Å². The molecule has 0 saturated heterocycles. The minimum Gasteiger partial charge on any atom is -0.482 e. The zero-order valence-electron chi connectivity index (χ0n) is 11.6. The van der Waals surface area contributed by atoms with E-state index in [2.05, 4.69) is 10.3 Å². The van der Waals surface area contributed by atoms with E-state index in [1.54, 1.807) is 36.5 Å². The number of benzene rings is 1. The van der Waals surface area contributed by atoms with Crippen molar-refractivity contribution in [2.24, 2.45) is 0 Å². The molecule has 1 amide bonds. The van der Waals surface area contributed by atoms with Crippen LogP contribution in [-0.4, -0.2) is 23.3 Å². The number of carbonyl (C=O) groups excluding carboxylic acids is 2. The van der Waals surface area contributed by atoms with Crippen molar-refractivity contribution in [2.45, 2.75) is 12.8 Å². The predicted molar refractivity (Wildman–Crippen MR) is 82.5 cm³/mol. The van der Waals surface area contributed by atoms with Gasteiger partial charge >= 0.3 is 0 Å². The normalized spacial score (nSPS) is 13.2. The average Bonchev–Trinajstić information content (AvgIpc) is 2.53. The number of Topliss-reactive ketones (excluding diaryl/α,β-unsaturated/α-hetero) is 1. The molecule has 1 aliphatic heterocycles. The Morgan fingerprint density at radius 1 is 1.32 bits per heavy atom. The van der Waals surface area contributed by atoms with E-state index in [4.69, 9.17) is 16.3 Å². The third kappa shape index (κ3) is 3.09. The fourth-order valence-corrected chi connectivity index (χ4v) is 2.44. The van der Waals surface area contributed by atoms with E-state index in [9.17, 15) is 9.59 Å². The van der Waals surface area contributed by atoms with Crippen LogP contribution in [0.2, 0.25) is 5.15 Å². The van der Waals surface area contributed by atoms with Gasteiger partial charge in [-0.15, -0.1) is 0 Å². The highest BCUT2D eigenvalue weighted by Crippen LogP contribution is 2.24. The monoisotopic (exact) mass is 316 g/mol. The number of pyridine rings is 1. The second kappa shape index (κ2) is 6.15. The standard InChI is InChI=1S/C16H13ClN2O3/c17-16-14(2-1-7-18-16)22-9-13(20)11-3-5-12-10(8-11)4-6-15(21)19-12/h1-3,5,7-8H,4,6,9H2,(H,19,21). The number of ether oxygens (including phenoxy) is 1. The Hall–Kier alpha value is -2.40. The molecule has 1 aliphatic rings. The number of halogens is 1. The molecule has 2 heterocycles. The minimum atomic E-state index is -0.153. The number of aryl methyl sites for hydroxylation is 1. The zero-order valence-corrected chi connectivity index (χ0v) is 12.4. The Labute approximate surface area is 132 Å². The Kier molecular flexibility index (Phi) is 4.06. The fraction of sp³-hybridized carbons (Fsp3) is 0.188. The van der Waals surface area contributed by atoms with Crippen molar-refractivity contribution in [1.82, 2.24) is 4.98 Å². The van der Waals surface area contributed by atoms with Crippen LogP contribution in [0.3, 0.4) is 0 Å². The third-order valence-electron chi connectivity index (χ3n) is 3.41. The molecule has 0 aliphatic carbocycles. The zero-order chi connectivity index (χ0) is 15.5. The summed E-state index contributed by atoms with van der Waals surface area (Å²) in [5.41, 5.74) is 2.28. The van der Waals surface area contributed by atoms with Gasteiger partial charge in [-0.2, -0.15) is 0 Å². The lowest BCUT2D eigenvalue weighted by Gasteiger charge is -2.17. The first kappa shape index (κ1) is 14.5. The van der Waals surface area contributed by atoms with Crippen LogP contribution < -0.4 is 10.1 Å². The quantitative estimate of drug-likeness (QED) is 0.695. The smallest absolute Gasteiger partial charge is 0.224 e. The molecule has 0 bridgehead atoms. The molecule has 22 heavy (non-hydrogen) atoms. The van der Waals surface area contributed by atoms with Crippen LogP contribution in [0.1, 0.15) is 22.3 Å². The van der Waals surface area contributed by atoms with Gasteiger partial charge in [0.2, 0.25) is 5.91 Å². The Bertz CT molecular complexity index is 746. The van der Waals surface area contributed by atoms with Gasteiger partial charge in [-0.25, -0.2) is 4.98 Å². The Morgan fingerprint density at radius 2 is 2.18 bits per heavy atom. The highest BCUT2D eigenvalue weighted by atomic mass is 35.5. The number of ketones is 1. The van der Waals surface area contributed by atoms with Gasteiger partial charge in [0.1, 0.15) is 0 Å². The summed E-state index contributed by atoms with van der Waals surface area (Å²) in [7, 11) is 0. The molecule has 0 atom stereocenters. The summed E-state index contributed by atoms with van der Waals surface area (Å²) in [6, 6.07) is 8.57. The average molecular weight is 317 g/mol. The van der Waals surface area contributed by atoms with Crippen molar-refractivity contribution < 1.29 is 14.3 Å².